The second-order valence-electron chi connectivity index (χ2n) is 7.29. The predicted octanol–water partition coefficient (Wildman–Crippen LogP) is 2.92. The Morgan fingerprint density at radius 3 is 3.00 bits per heavy atom. The first-order valence-electron chi connectivity index (χ1n) is 9.02. The molecule has 3 aromatic rings. The van der Waals surface area contributed by atoms with Crippen molar-refractivity contribution in [2.24, 2.45) is 5.41 Å². The highest BCUT2D eigenvalue weighted by atomic mass is 35.5. The molecule has 146 valence electrons. The number of anilines is 1. The highest BCUT2D eigenvalue weighted by Crippen LogP contribution is 2.38. The Kier molecular flexibility index (Phi) is 4.66. The molecule has 0 aromatic carbocycles. The lowest BCUT2D eigenvalue weighted by atomic mass is 9.71. The normalized spacial score (nSPS) is 22.3. The van der Waals surface area contributed by atoms with Crippen LogP contribution in [0.1, 0.15) is 32.6 Å². The van der Waals surface area contributed by atoms with Crippen molar-refractivity contribution in [2.75, 3.05) is 5.32 Å². The standard InChI is InChI=1S/C19H19ClFN5O2/c1-19(18(27)28)5-3-2-4-14(19)25-17-13(21)9-24-16(26-17)12-8-23-15-11(12)6-10(20)7-22-15/h6-9,14H,2-5H2,1H3,(H,22,23)(H,27,28)(H,24,25,26)/p-1. The van der Waals surface area contributed by atoms with Crippen LogP contribution < -0.4 is 10.4 Å². The van der Waals surface area contributed by atoms with Gasteiger partial charge in [0.15, 0.2) is 17.5 Å². The van der Waals surface area contributed by atoms with E-state index in [1.54, 1.807) is 19.2 Å². The summed E-state index contributed by atoms with van der Waals surface area (Å²) in [5.74, 6) is -1.54. The van der Waals surface area contributed by atoms with Crippen LogP contribution in [0.15, 0.2) is 24.7 Å². The summed E-state index contributed by atoms with van der Waals surface area (Å²) in [6, 6.07) is 1.24. The minimum absolute atomic E-state index is 0.0336. The first-order chi connectivity index (χ1) is 13.4. The zero-order valence-electron chi connectivity index (χ0n) is 15.1. The molecule has 0 radical (unpaired) electrons. The molecule has 1 saturated carbocycles. The Balaban J connectivity index is 1.71. The lowest BCUT2D eigenvalue weighted by Crippen LogP contribution is -2.52. The smallest absolute Gasteiger partial charge is 0.183 e. The number of rotatable bonds is 4. The van der Waals surface area contributed by atoms with Gasteiger partial charge in [0.25, 0.3) is 0 Å². The number of carboxylic acids is 1. The van der Waals surface area contributed by atoms with Crippen molar-refractivity contribution in [3.8, 4) is 11.4 Å². The molecule has 3 heterocycles. The number of aromatic amines is 1. The minimum Gasteiger partial charge on any atom is -0.549 e. The number of nitrogens with one attached hydrogen (secondary N) is 2. The van der Waals surface area contributed by atoms with E-state index in [-0.39, 0.29) is 11.6 Å². The van der Waals surface area contributed by atoms with Gasteiger partial charge in [0, 0.05) is 40.8 Å². The molecule has 0 bridgehead atoms. The van der Waals surface area contributed by atoms with Crippen molar-refractivity contribution < 1.29 is 14.3 Å². The summed E-state index contributed by atoms with van der Waals surface area (Å²) in [5.41, 5.74) is 0.145. The number of carbonyl (C=O) groups excluding carboxylic acids is 1. The Morgan fingerprint density at radius 1 is 1.39 bits per heavy atom. The van der Waals surface area contributed by atoms with Crippen molar-refractivity contribution in [1.29, 1.82) is 0 Å². The number of H-pyrrole nitrogens is 1. The van der Waals surface area contributed by atoms with Crippen LogP contribution in [-0.4, -0.2) is 31.9 Å². The molecule has 2 unspecified atom stereocenters. The summed E-state index contributed by atoms with van der Waals surface area (Å²) in [6.07, 6.45) is 6.98. The summed E-state index contributed by atoms with van der Waals surface area (Å²) in [7, 11) is 0. The average Bonchev–Trinajstić information content (AvgIpc) is 3.08. The second kappa shape index (κ2) is 7.01. The first kappa shape index (κ1) is 18.6. The molecule has 1 aliphatic rings. The van der Waals surface area contributed by atoms with E-state index in [4.69, 9.17) is 11.6 Å². The number of halogens is 2. The summed E-state index contributed by atoms with van der Waals surface area (Å²) in [6.45, 7) is 1.63. The molecule has 2 atom stereocenters. The maximum Gasteiger partial charge on any atom is 0.183 e. The van der Waals surface area contributed by atoms with Crippen LogP contribution in [0.25, 0.3) is 22.4 Å². The molecule has 3 aromatic heterocycles. The quantitative estimate of drug-likeness (QED) is 0.694. The number of nitrogens with zero attached hydrogens (tertiary/aromatic N) is 3. The third kappa shape index (κ3) is 3.17. The number of hydrogen-bond acceptors (Lipinski definition) is 6. The van der Waals surface area contributed by atoms with Gasteiger partial charge in [-0.15, -0.1) is 0 Å². The zero-order valence-corrected chi connectivity index (χ0v) is 15.9. The molecule has 0 amide bonds. The molecule has 1 aliphatic carbocycles. The average molecular weight is 403 g/mol. The van der Waals surface area contributed by atoms with E-state index in [0.29, 0.717) is 34.5 Å². The first-order valence-corrected chi connectivity index (χ1v) is 9.40. The number of carbonyl (C=O) groups is 1. The van der Waals surface area contributed by atoms with Gasteiger partial charge in [0.2, 0.25) is 0 Å². The number of pyridine rings is 1. The third-order valence-corrected chi connectivity index (χ3v) is 5.67. The van der Waals surface area contributed by atoms with E-state index in [1.165, 1.54) is 6.20 Å². The highest BCUT2D eigenvalue weighted by Gasteiger charge is 2.38. The van der Waals surface area contributed by atoms with Crippen molar-refractivity contribution in [1.82, 2.24) is 19.9 Å². The molecule has 7 nitrogen and oxygen atoms in total. The molecular weight excluding hydrogens is 385 g/mol. The van der Waals surface area contributed by atoms with Gasteiger partial charge < -0.3 is 20.2 Å². The van der Waals surface area contributed by atoms with Gasteiger partial charge in [0.05, 0.1) is 11.2 Å². The summed E-state index contributed by atoms with van der Waals surface area (Å²) in [4.78, 5) is 27.3. The highest BCUT2D eigenvalue weighted by molar-refractivity contribution is 6.31. The van der Waals surface area contributed by atoms with E-state index in [9.17, 15) is 14.3 Å². The SMILES string of the molecule is CC1(C(=O)[O-])CCCCC1Nc1nc(-c2c[nH]c3ncc(Cl)cc23)ncc1F. The van der Waals surface area contributed by atoms with Crippen LogP contribution in [-0.2, 0) is 4.79 Å². The molecule has 0 saturated heterocycles. The van der Waals surface area contributed by atoms with Crippen molar-refractivity contribution in [3.05, 3.63) is 35.5 Å². The van der Waals surface area contributed by atoms with Gasteiger partial charge in [-0.25, -0.2) is 19.3 Å². The Hall–Kier alpha value is -2.74. The molecule has 1 fully saturated rings. The van der Waals surface area contributed by atoms with E-state index in [1.807, 2.05) is 0 Å². The summed E-state index contributed by atoms with van der Waals surface area (Å²) in [5, 5.41) is 15.8. The lowest BCUT2D eigenvalue weighted by molar-refractivity contribution is -0.320. The fourth-order valence-electron chi connectivity index (χ4n) is 3.74. The van der Waals surface area contributed by atoms with Crippen LogP contribution >= 0.6 is 11.6 Å². The maximum absolute atomic E-state index is 14.4. The van der Waals surface area contributed by atoms with E-state index in [0.717, 1.165) is 19.0 Å². The van der Waals surface area contributed by atoms with Gasteiger partial charge in [-0.05, 0) is 18.9 Å². The molecule has 9 heteroatoms. The number of hydrogen-bond donors (Lipinski definition) is 2. The lowest BCUT2D eigenvalue weighted by Gasteiger charge is -2.42. The van der Waals surface area contributed by atoms with Crippen LogP contribution in [0.3, 0.4) is 0 Å². The molecule has 2 N–H and O–H groups in total. The maximum atomic E-state index is 14.4. The third-order valence-electron chi connectivity index (χ3n) is 5.47. The fraction of sp³-hybridized carbons (Fsp3) is 0.368. The molecular formula is C19H18ClFN5O2-. The van der Waals surface area contributed by atoms with Gasteiger partial charge in [-0.3, -0.25) is 0 Å². The predicted molar refractivity (Wildman–Crippen MR) is 101 cm³/mol. The second-order valence-corrected chi connectivity index (χ2v) is 7.73. The van der Waals surface area contributed by atoms with Crippen LogP contribution in [0.5, 0.6) is 0 Å². The summed E-state index contributed by atoms with van der Waals surface area (Å²) >= 11 is 6.03. The molecule has 0 spiro atoms. The van der Waals surface area contributed by atoms with Crippen molar-refractivity contribution in [3.63, 3.8) is 0 Å². The van der Waals surface area contributed by atoms with Crippen molar-refractivity contribution in [2.45, 2.75) is 38.6 Å². The Morgan fingerprint density at radius 2 is 2.21 bits per heavy atom. The van der Waals surface area contributed by atoms with Crippen LogP contribution in [0.4, 0.5) is 10.2 Å². The molecule has 4 rings (SSSR count). The fourth-order valence-corrected chi connectivity index (χ4v) is 3.89. The van der Waals surface area contributed by atoms with E-state index < -0.39 is 23.2 Å². The van der Waals surface area contributed by atoms with Crippen LogP contribution in [0, 0.1) is 11.2 Å². The van der Waals surface area contributed by atoms with Gasteiger partial charge in [-0.1, -0.05) is 31.4 Å². The number of carboxylic acid groups (broad SMARTS) is 1. The van der Waals surface area contributed by atoms with Gasteiger partial charge in [0.1, 0.15) is 5.65 Å². The Bertz CT molecular complexity index is 1060. The van der Waals surface area contributed by atoms with E-state index >= 15 is 0 Å². The number of fused-ring (bicyclic) bond motifs is 1. The summed E-state index contributed by atoms with van der Waals surface area (Å²) < 4.78 is 14.4. The molecule has 0 aliphatic heterocycles. The van der Waals surface area contributed by atoms with E-state index in [2.05, 4.69) is 25.3 Å². The monoisotopic (exact) mass is 402 g/mol. The van der Waals surface area contributed by atoms with Crippen molar-refractivity contribution >= 4 is 34.4 Å². The van der Waals surface area contributed by atoms with Gasteiger partial charge in [-0.2, -0.15) is 0 Å². The largest absolute Gasteiger partial charge is 0.549 e. The number of aliphatic carboxylic acids is 1. The van der Waals surface area contributed by atoms with Gasteiger partial charge >= 0.3 is 0 Å². The minimum atomic E-state index is -1.14. The van der Waals surface area contributed by atoms with Crippen LogP contribution in [0.2, 0.25) is 5.02 Å². The topological polar surface area (TPSA) is 107 Å². The zero-order chi connectivity index (χ0) is 19.9. The number of aromatic nitrogens is 4. The molecule has 28 heavy (non-hydrogen) atoms. The Labute approximate surface area is 165 Å².